The quantitative estimate of drug-likeness (QED) is 0.486. The zero-order valence-corrected chi connectivity index (χ0v) is 9.39. The van der Waals surface area contributed by atoms with Crippen LogP contribution in [0.5, 0.6) is 0 Å². The molecule has 0 aliphatic rings. The van der Waals surface area contributed by atoms with E-state index in [1.54, 1.807) is 0 Å². The molecule has 0 spiro atoms. The predicted molar refractivity (Wildman–Crippen MR) is 54.9 cm³/mol. The maximum absolute atomic E-state index is 10.9. The van der Waals surface area contributed by atoms with E-state index in [1.807, 2.05) is 0 Å². The van der Waals surface area contributed by atoms with Crippen molar-refractivity contribution in [3.8, 4) is 0 Å². The molecule has 13 heavy (non-hydrogen) atoms. The van der Waals surface area contributed by atoms with Crippen LogP contribution in [0.15, 0.2) is 0 Å². The highest BCUT2D eigenvalue weighted by Gasteiger charge is 2.11. The standard InChI is InChI=1S/C8H20N2O2S/c1-7(2)6-8(10-9)4-5-13(3,11)12/h7-8,10H,4-6,9H2,1-3H3. The Balaban J connectivity index is 3.86. The molecule has 80 valence electrons. The average molecular weight is 208 g/mol. The minimum absolute atomic E-state index is 0.106. The maximum atomic E-state index is 10.9. The number of nitrogens with one attached hydrogen (secondary N) is 1. The summed E-state index contributed by atoms with van der Waals surface area (Å²) < 4.78 is 21.7. The van der Waals surface area contributed by atoms with Crippen LogP contribution in [0.25, 0.3) is 0 Å². The van der Waals surface area contributed by atoms with Gasteiger partial charge in [0.2, 0.25) is 0 Å². The Morgan fingerprint density at radius 1 is 1.38 bits per heavy atom. The van der Waals surface area contributed by atoms with Gasteiger partial charge in [0.25, 0.3) is 0 Å². The van der Waals surface area contributed by atoms with Gasteiger partial charge < -0.3 is 0 Å². The van der Waals surface area contributed by atoms with Crippen molar-refractivity contribution < 1.29 is 8.42 Å². The van der Waals surface area contributed by atoms with Gasteiger partial charge in [0.05, 0.1) is 5.75 Å². The molecular formula is C8H20N2O2S. The Morgan fingerprint density at radius 3 is 2.23 bits per heavy atom. The highest BCUT2D eigenvalue weighted by molar-refractivity contribution is 7.90. The Bertz CT molecular complexity index is 224. The number of nitrogens with two attached hydrogens (primary N) is 1. The minimum Gasteiger partial charge on any atom is -0.271 e. The molecule has 0 aromatic heterocycles. The first kappa shape index (κ1) is 12.9. The summed E-state index contributed by atoms with van der Waals surface area (Å²) in [6.07, 6.45) is 2.75. The molecule has 0 aromatic rings. The molecule has 0 saturated carbocycles. The van der Waals surface area contributed by atoms with Crippen molar-refractivity contribution in [2.75, 3.05) is 12.0 Å². The third kappa shape index (κ3) is 8.21. The highest BCUT2D eigenvalue weighted by Crippen LogP contribution is 2.07. The van der Waals surface area contributed by atoms with Crippen LogP contribution in [-0.4, -0.2) is 26.5 Å². The summed E-state index contributed by atoms with van der Waals surface area (Å²) in [7, 11) is -2.86. The number of hydrazine groups is 1. The molecule has 0 heterocycles. The van der Waals surface area contributed by atoms with E-state index in [0.29, 0.717) is 12.3 Å². The molecule has 0 amide bonds. The maximum Gasteiger partial charge on any atom is 0.147 e. The van der Waals surface area contributed by atoms with E-state index >= 15 is 0 Å². The third-order valence-electron chi connectivity index (χ3n) is 1.83. The first-order valence-corrected chi connectivity index (χ1v) is 6.55. The van der Waals surface area contributed by atoms with Gasteiger partial charge in [-0.15, -0.1) is 0 Å². The number of hydrogen-bond donors (Lipinski definition) is 2. The Labute approximate surface area is 80.8 Å². The predicted octanol–water partition coefficient (Wildman–Crippen LogP) is 0.299. The molecule has 0 aromatic carbocycles. The van der Waals surface area contributed by atoms with Gasteiger partial charge in [0.1, 0.15) is 9.84 Å². The number of hydrogen-bond acceptors (Lipinski definition) is 4. The third-order valence-corrected chi connectivity index (χ3v) is 2.81. The molecule has 0 bridgehead atoms. The van der Waals surface area contributed by atoms with Crippen LogP contribution >= 0.6 is 0 Å². The molecule has 3 N–H and O–H groups in total. The van der Waals surface area contributed by atoms with E-state index < -0.39 is 9.84 Å². The van der Waals surface area contributed by atoms with Crippen molar-refractivity contribution in [3.05, 3.63) is 0 Å². The summed E-state index contributed by atoms with van der Waals surface area (Å²) in [4.78, 5) is 0. The van der Waals surface area contributed by atoms with Crippen LogP contribution in [-0.2, 0) is 9.84 Å². The summed E-state index contributed by atoms with van der Waals surface area (Å²) in [5.41, 5.74) is 2.64. The van der Waals surface area contributed by atoms with Crippen LogP contribution in [0.3, 0.4) is 0 Å². The van der Waals surface area contributed by atoms with Crippen molar-refractivity contribution in [2.45, 2.75) is 32.7 Å². The lowest BCUT2D eigenvalue weighted by Gasteiger charge is -2.17. The fourth-order valence-electron chi connectivity index (χ4n) is 1.19. The zero-order chi connectivity index (χ0) is 10.5. The summed E-state index contributed by atoms with van der Waals surface area (Å²) in [6, 6.07) is 0.106. The van der Waals surface area contributed by atoms with Gasteiger partial charge in [0.15, 0.2) is 0 Å². The summed E-state index contributed by atoms with van der Waals surface area (Å²) >= 11 is 0. The summed E-state index contributed by atoms with van der Waals surface area (Å²) in [5, 5.41) is 0. The zero-order valence-electron chi connectivity index (χ0n) is 8.58. The molecule has 4 nitrogen and oxygen atoms in total. The molecule has 0 saturated heterocycles. The van der Waals surface area contributed by atoms with Gasteiger partial charge in [-0.2, -0.15) is 0 Å². The SMILES string of the molecule is CC(C)CC(CCS(C)(=O)=O)NN. The van der Waals surface area contributed by atoms with Gasteiger partial charge in [0, 0.05) is 12.3 Å². The van der Waals surface area contributed by atoms with Crippen molar-refractivity contribution in [2.24, 2.45) is 11.8 Å². The van der Waals surface area contributed by atoms with Gasteiger partial charge in [-0.1, -0.05) is 13.8 Å². The lowest BCUT2D eigenvalue weighted by molar-refractivity contribution is 0.415. The Kier molecular flexibility index (Phi) is 5.51. The normalized spacial score (nSPS) is 14.8. The molecule has 0 radical (unpaired) electrons. The molecule has 0 aliphatic carbocycles. The fraction of sp³-hybridized carbons (Fsp3) is 1.00. The molecule has 1 unspecified atom stereocenters. The second kappa shape index (κ2) is 5.57. The van der Waals surface area contributed by atoms with E-state index in [2.05, 4.69) is 19.3 Å². The van der Waals surface area contributed by atoms with Gasteiger partial charge in [-0.3, -0.25) is 11.3 Å². The van der Waals surface area contributed by atoms with Crippen LogP contribution in [0.4, 0.5) is 0 Å². The van der Waals surface area contributed by atoms with E-state index in [9.17, 15) is 8.42 Å². The molecule has 0 rings (SSSR count). The first-order valence-electron chi connectivity index (χ1n) is 4.49. The van der Waals surface area contributed by atoms with Crippen molar-refractivity contribution in [1.82, 2.24) is 5.43 Å². The highest BCUT2D eigenvalue weighted by atomic mass is 32.2. The Morgan fingerprint density at radius 2 is 1.92 bits per heavy atom. The van der Waals surface area contributed by atoms with E-state index in [1.165, 1.54) is 6.26 Å². The lowest BCUT2D eigenvalue weighted by Crippen LogP contribution is -2.37. The monoisotopic (exact) mass is 208 g/mol. The second-order valence-electron chi connectivity index (χ2n) is 3.91. The first-order chi connectivity index (χ1) is 5.85. The van der Waals surface area contributed by atoms with Crippen LogP contribution in [0.1, 0.15) is 26.7 Å². The lowest BCUT2D eigenvalue weighted by atomic mass is 10.0. The van der Waals surface area contributed by atoms with Gasteiger partial charge in [-0.05, 0) is 18.8 Å². The largest absolute Gasteiger partial charge is 0.271 e. The second-order valence-corrected chi connectivity index (χ2v) is 6.17. The summed E-state index contributed by atoms with van der Waals surface area (Å²) in [5.74, 6) is 6.04. The van der Waals surface area contributed by atoms with Crippen LogP contribution < -0.4 is 11.3 Å². The average Bonchev–Trinajstić information content (AvgIpc) is 1.95. The number of sulfone groups is 1. The molecular weight excluding hydrogens is 188 g/mol. The van der Waals surface area contributed by atoms with E-state index in [-0.39, 0.29) is 11.8 Å². The van der Waals surface area contributed by atoms with Crippen LogP contribution in [0.2, 0.25) is 0 Å². The molecule has 0 aliphatic heterocycles. The summed E-state index contributed by atoms with van der Waals surface area (Å²) in [6.45, 7) is 4.18. The van der Waals surface area contributed by atoms with Crippen molar-refractivity contribution in [1.29, 1.82) is 0 Å². The van der Waals surface area contributed by atoms with E-state index in [4.69, 9.17) is 5.84 Å². The molecule has 1 atom stereocenters. The molecule has 0 fully saturated rings. The van der Waals surface area contributed by atoms with E-state index in [0.717, 1.165) is 6.42 Å². The minimum atomic E-state index is -2.86. The topological polar surface area (TPSA) is 72.2 Å². The molecule has 5 heteroatoms. The van der Waals surface area contributed by atoms with Gasteiger partial charge >= 0.3 is 0 Å². The Hall–Kier alpha value is -0.130. The van der Waals surface area contributed by atoms with Gasteiger partial charge in [-0.25, -0.2) is 8.42 Å². The number of rotatable bonds is 6. The van der Waals surface area contributed by atoms with Crippen molar-refractivity contribution in [3.63, 3.8) is 0 Å². The van der Waals surface area contributed by atoms with Crippen LogP contribution in [0, 0.1) is 5.92 Å². The van der Waals surface area contributed by atoms with Crippen molar-refractivity contribution >= 4 is 9.84 Å². The smallest absolute Gasteiger partial charge is 0.147 e. The fourth-order valence-corrected chi connectivity index (χ4v) is 1.91.